The summed E-state index contributed by atoms with van der Waals surface area (Å²) in [5.74, 6) is -1.05. The van der Waals surface area contributed by atoms with Gasteiger partial charge in [-0.15, -0.1) is 0 Å². The number of hydrogen-bond acceptors (Lipinski definition) is 7. The number of carbonyl (C=O) groups is 1. The molecular formula is C21H19ClF3N5O5S2. The van der Waals surface area contributed by atoms with Gasteiger partial charge in [-0.05, 0) is 55.5 Å². The predicted octanol–water partition coefficient (Wildman–Crippen LogP) is 3.66. The van der Waals surface area contributed by atoms with Crippen LogP contribution >= 0.6 is 11.6 Å². The molecule has 2 aromatic carbocycles. The zero-order valence-corrected chi connectivity index (χ0v) is 21.5. The summed E-state index contributed by atoms with van der Waals surface area (Å²) < 4.78 is 91.7. The quantitative estimate of drug-likeness (QED) is 0.416. The Hall–Kier alpha value is -3.43. The molecule has 0 aliphatic rings. The van der Waals surface area contributed by atoms with E-state index in [9.17, 15) is 34.8 Å². The SMILES string of the molecule is Cc1ccnc(NS(=O)(=O)c2ccc(NC(=O)CN(c3cc(C(F)(F)F)ccc3Cl)S(C)(=O)=O)cc2)n1. The second-order valence-electron chi connectivity index (χ2n) is 7.63. The predicted molar refractivity (Wildman–Crippen MR) is 131 cm³/mol. The first-order chi connectivity index (χ1) is 17.1. The molecule has 0 saturated heterocycles. The number of hydrogen-bond donors (Lipinski definition) is 2. The van der Waals surface area contributed by atoms with E-state index in [0.29, 0.717) is 28.4 Å². The number of halogens is 4. The Balaban J connectivity index is 1.78. The van der Waals surface area contributed by atoms with E-state index in [4.69, 9.17) is 11.6 Å². The molecule has 0 aliphatic heterocycles. The van der Waals surface area contributed by atoms with Crippen molar-refractivity contribution in [1.29, 1.82) is 0 Å². The maximum absolute atomic E-state index is 13.1. The van der Waals surface area contributed by atoms with E-state index < -0.39 is 49.9 Å². The molecule has 0 saturated carbocycles. The van der Waals surface area contributed by atoms with Crippen LogP contribution in [0.2, 0.25) is 5.02 Å². The van der Waals surface area contributed by atoms with Crippen LogP contribution in [-0.2, 0) is 31.0 Å². The summed E-state index contributed by atoms with van der Waals surface area (Å²) in [6.07, 6.45) is -2.68. The van der Waals surface area contributed by atoms with E-state index in [2.05, 4.69) is 20.0 Å². The Morgan fingerprint density at radius 1 is 1.05 bits per heavy atom. The molecule has 0 aliphatic carbocycles. The highest BCUT2D eigenvalue weighted by Gasteiger charge is 2.33. The Morgan fingerprint density at radius 3 is 2.27 bits per heavy atom. The molecule has 1 aromatic heterocycles. The highest BCUT2D eigenvalue weighted by Crippen LogP contribution is 2.36. The van der Waals surface area contributed by atoms with Crippen LogP contribution in [0.4, 0.5) is 30.5 Å². The Morgan fingerprint density at radius 2 is 1.70 bits per heavy atom. The smallest absolute Gasteiger partial charge is 0.325 e. The fourth-order valence-electron chi connectivity index (χ4n) is 2.99. The molecule has 3 rings (SSSR count). The number of carbonyl (C=O) groups excluding carboxylic acids is 1. The maximum atomic E-state index is 13.1. The number of aryl methyl sites for hydroxylation is 1. The van der Waals surface area contributed by atoms with Crippen LogP contribution in [0.1, 0.15) is 11.3 Å². The van der Waals surface area contributed by atoms with Crippen molar-refractivity contribution in [2.75, 3.05) is 27.1 Å². The Labute approximate surface area is 215 Å². The van der Waals surface area contributed by atoms with Gasteiger partial charge in [0, 0.05) is 17.6 Å². The summed E-state index contributed by atoms with van der Waals surface area (Å²) in [4.78, 5) is 20.2. The molecule has 1 amide bonds. The van der Waals surface area contributed by atoms with Crippen LogP contribution in [0, 0.1) is 6.92 Å². The van der Waals surface area contributed by atoms with Gasteiger partial charge in [0.15, 0.2) is 0 Å². The molecule has 0 spiro atoms. The van der Waals surface area contributed by atoms with E-state index in [0.717, 1.165) is 6.07 Å². The van der Waals surface area contributed by atoms with Crippen molar-refractivity contribution in [2.45, 2.75) is 18.0 Å². The summed E-state index contributed by atoms with van der Waals surface area (Å²) in [7, 11) is -8.28. The summed E-state index contributed by atoms with van der Waals surface area (Å²) in [6, 6.07) is 8.50. The van der Waals surface area contributed by atoms with E-state index in [1.54, 1.807) is 13.0 Å². The fourth-order valence-corrected chi connectivity index (χ4v) is 5.07. The van der Waals surface area contributed by atoms with Crippen molar-refractivity contribution in [3.63, 3.8) is 0 Å². The van der Waals surface area contributed by atoms with Gasteiger partial charge in [0.05, 0.1) is 27.4 Å². The number of rotatable bonds is 8. The molecule has 3 aromatic rings. The fraction of sp³-hybridized carbons (Fsp3) is 0.190. The molecule has 0 radical (unpaired) electrons. The van der Waals surface area contributed by atoms with Gasteiger partial charge < -0.3 is 5.32 Å². The van der Waals surface area contributed by atoms with Crippen molar-refractivity contribution in [2.24, 2.45) is 0 Å². The lowest BCUT2D eigenvalue weighted by atomic mass is 10.2. The Bertz CT molecular complexity index is 1530. The maximum Gasteiger partial charge on any atom is 0.416 e. The molecule has 37 heavy (non-hydrogen) atoms. The van der Waals surface area contributed by atoms with Gasteiger partial charge in [-0.2, -0.15) is 13.2 Å². The van der Waals surface area contributed by atoms with Gasteiger partial charge in [0.25, 0.3) is 10.0 Å². The van der Waals surface area contributed by atoms with Gasteiger partial charge in [-0.3, -0.25) is 9.10 Å². The van der Waals surface area contributed by atoms with Gasteiger partial charge in [0.2, 0.25) is 21.9 Å². The monoisotopic (exact) mass is 577 g/mol. The van der Waals surface area contributed by atoms with Crippen LogP contribution in [0.5, 0.6) is 0 Å². The zero-order valence-electron chi connectivity index (χ0n) is 19.1. The third-order valence-corrected chi connectivity index (χ3v) is 7.49. The number of alkyl halides is 3. The number of amides is 1. The normalized spacial score (nSPS) is 12.2. The molecule has 0 bridgehead atoms. The van der Waals surface area contributed by atoms with Crippen molar-refractivity contribution < 1.29 is 34.8 Å². The highest BCUT2D eigenvalue weighted by molar-refractivity contribution is 7.92. The first-order valence-corrected chi connectivity index (χ1v) is 13.8. The van der Waals surface area contributed by atoms with Crippen molar-refractivity contribution >= 4 is 54.9 Å². The summed E-state index contributed by atoms with van der Waals surface area (Å²) >= 11 is 5.94. The Kier molecular flexibility index (Phi) is 8.00. The molecular weight excluding hydrogens is 559 g/mol. The topological polar surface area (TPSA) is 138 Å². The van der Waals surface area contributed by atoms with Crippen molar-refractivity contribution in [3.05, 3.63) is 71.0 Å². The van der Waals surface area contributed by atoms with E-state index in [-0.39, 0.29) is 21.6 Å². The summed E-state index contributed by atoms with van der Waals surface area (Å²) in [5, 5.41) is 2.05. The minimum Gasteiger partial charge on any atom is -0.325 e. The molecule has 0 fully saturated rings. The van der Waals surface area contributed by atoms with Crippen molar-refractivity contribution in [1.82, 2.24) is 9.97 Å². The first kappa shape index (κ1) is 28.1. The highest BCUT2D eigenvalue weighted by atomic mass is 35.5. The lowest BCUT2D eigenvalue weighted by Gasteiger charge is -2.24. The molecule has 2 N–H and O–H groups in total. The van der Waals surface area contributed by atoms with Gasteiger partial charge in [-0.1, -0.05) is 11.6 Å². The van der Waals surface area contributed by atoms with Gasteiger partial charge in [0.1, 0.15) is 6.54 Å². The van der Waals surface area contributed by atoms with Crippen LogP contribution in [0.25, 0.3) is 0 Å². The second-order valence-corrected chi connectivity index (χ2v) is 11.6. The third kappa shape index (κ3) is 7.30. The average molecular weight is 578 g/mol. The first-order valence-electron chi connectivity index (χ1n) is 10.1. The van der Waals surface area contributed by atoms with Gasteiger partial charge >= 0.3 is 6.18 Å². The number of benzene rings is 2. The summed E-state index contributed by atoms with van der Waals surface area (Å²) in [6.45, 7) is 0.759. The molecule has 10 nitrogen and oxygen atoms in total. The average Bonchev–Trinajstić information content (AvgIpc) is 2.76. The molecule has 16 heteroatoms. The number of nitrogens with zero attached hydrogens (tertiary/aromatic N) is 3. The molecule has 198 valence electrons. The number of anilines is 3. The number of nitrogens with one attached hydrogen (secondary N) is 2. The lowest BCUT2D eigenvalue weighted by molar-refractivity contribution is -0.137. The lowest BCUT2D eigenvalue weighted by Crippen LogP contribution is -2.37. The van der Waals surface area contributed by atoms with Crippen LogP contribution in [-0.4, -0.2) is 45.5 Å². The van der Waals surface area contributed by atoms with Crippen LogP contribution < -0.4 is 14.3 Å². The minimum absolute atomic E-state index is 0.0966. The van der Waals surface area contributed by atoms with Crippen molar-refractivity contribution in [3.8, 4) is 0 Å². The van der Waals surface area contributed by atoms with Gasteiger partial charge in [-0.25, -0.2) is 31.5 Å². The number of aromatic nitrogens is 2. The third-order valence-electron chi connectivity index (χ3n) is 4.70. The van der Waals surface area contributed by atoms with E-state index in [1.807, 2.05) is 0 Å². The number of sulfonamides is 2. The van der Waals surface area contributed by atoms with Crippen LogP contribution in [0.15, 0.2) is 59.6 Å². The minimum atomic E-state index is -4.77. The zero-order chi connectivity index (χ0) is 27.6. The largest absolute Gasteiger partial charge is 0.416 e. The molecule has 0 atom stereocenters. The molecule has 0 unspecified atom stereocenters. The van der Waals surface area contributed by atoms with E-state index in [1.165, 1.54) is 30.5 Å². The summed E-state index contributed by atoms with van der Waals surface area (Å²) in [5.41, 5.74) is -1.04. The second kappa shape index (κ2) is 10.5. The van der Waals surface area contributed by atoms with Crippen LogP contribution in [0.3, 0.4) is 0 Å². The standard InChI is InChI=1S/C21H19ClF3N5O5S2/c1-13-9-10-26-20(27-13)29-37(34,35)16-6-4-15(5-7-16)28-19(31)12-30(36(2,32)33)18-11-14(21(23,24)25)3-8-17(18)22/h3-11H,12H2,1-2H3,(H,28,31)(H,26,27,29). The molecule has 1 heterocycles. The van der Waals surface area contributed by atoms with E-state index >= 15 is 0 Å².